The third kappa shape index (κ3) is 2.76. The molecule has 4 heteroatoms. The summed E-state index contributed by atoms with van der Waals surface area (Å²) in [4.78, 5) is 6.76. The van der Waals surface area contributed by atoms with E-state index in [9.17, 15) is 4.39 Å². The molecule has 1 aliphatic carbocycles. The maximum atomic E-state index is 13.8. The lowest BCUT2D eigenvalue weighted by Gasteiger charge is -2.22. The highest BCUT2D eigenvalue weighted by Gasteiger charge is 2.18. The molecular weight excluding hydrogens is 265 g/mol. The van der Waals surface area contributed by atoms with Gasteiger partial charge in [0.25, 0.3) is 0 Å². The number of halogens is 1. The van der Waals surface area contributed by atoms with Gasteiger partial charge in [-0.3, -0.25) is 0 Å². The number of aromatic nitrogens is 1. The van der Waals surface area contributed by atoms with Crippen LogP contribution in [-0.2, 0) is 25.9 Å². The van der Waals surface area contributed by atoms with Crippen LogP contribution in [-0.4, -0.2) is 12.0 Å². The number of hydrogen-bond donors (Lipinski definition) is 1. The summed E-state index contributed by atoms with van der Waals surface area (Å²) < 4.78 is 13.8. The fourth-order valence-corrected chi connectivity index (χ4v) is 2.95. The summed E-state index contributed by atoms with van der Waals surface area (Å²) in [6.07, 6.45) is 3.28. The second-order valence-corrected chi connectivity index (χ2v) is 5.58. The predicted molar refractivity (Wildman–Crippen MR) is 82.7 cm³/mol. The molecule has 0 spiro atoms. The van der Waals surface area contributed by atoms with E-state index >= 15 is 0 Å². The Hall–Kier alpha value is -1.94. The normalized spacial score (nSPS) is 13.3. The predicted octanol–water partition coefficient (Wildman–Crippen LogP) is 2.80. The molecule has 0 aliphatic heterocycles. The summed E-state index contributed by atoms with van der Waals surface area (Å²) >= 11 is 0. The van der Waals surface area contributed by atoms with Crippen LogP contribution in [0.25, 0.3) is 0 Å². The monoisotopic (exact) mass is 285 g/mol. The second kappa shape index (κ2) is 5.82. The van der Waals surface area contributed by atoms with Gasteiger partial charge in [0.05, 0.1) is 0 Å². The van der Waals surface area contributed by atoms with Gasteiger partial charge in [-0.25, -0.2) is 9.37 Å². The number of pyridine rings is 1. The first-order valence-corrected chi connectivity index (χ1v) is 7.35. The first kappa shape index (κ1) is 14.0. The van der Waals surface area contributed by atoms with Crippen LogP contribution >= 0.6 is 0 Å². The van der Waals surface area contributed by atoms with Crippen molar-refractivity contribution >= 4 is 5.82 Å². The molecule has 0 fully saturated rings. The number of rotatable bonds is 4. The number of nitrogens with two attached hydrogens (primary N) is 1. The van der Waals surface area contributed by atoms with Gasteiger partial charge in [0.1, 0.15) is 11.6 Å². The van der Waals surface area contributed by atoms with E-state index < -0.39 is 0 Å². The lowest BCUT2D eigenvalue weighted by Crippen LogP contribution is -2.21. The minimum atomic E-state index is -0.181. The highest BCUT2D eigenvalue weighted by Crippen LogP contribution is 2.27. The van der Waals surface area contributed by atoms with Crippen molar-refractivity contribution in [2.75, 3.05) is 11.9 Å². The second-order valence-electron chi connectivity index (χ2n) is 5.58. The highest BCUT2D eigenvalue weighted by atomic mass is 19.1. The fraction of sp³-hybridized carbons (Fsp3) is 0.353. The Balaban J connectivity index is 1.91. The van der Waals surface area contributed by atoms with Gasteiger partial charge in [0, 0.05) is 37.0 Å². The van der Waals surface area contributed by atoms with E-state index in [1.54, 1.807) is 12.1 Å². The third-order valence-electron chi connectivity index (χ3n) is 4.05. The smallest absolute Gasteiger partial charge is 0.133 e. The van der Waals surface area contributed by atoms with Gasteiger partial charge in [-0.2, -0.15) is 0 Å². The average Bonchev–Trinajstić information content (AvgIpc) is 2.95. The number of nitrogens with zero attached hydrogens (tertiary/aromatic N) is 2. The van der Waals surface area contributed by atoms with Gasteiger partial charge in [0.15, 0.2) is 0 Å². The molecule has 3 nitrogen and oxygen atoms in total. The molecule has 2 aromatic rings. The SMILES string of the molecule is CN(Cc1ccccc1F)c1nc2c(cc1CN)CCC2. The highest BCUT2D eigenvalue weighted by molar-refractivity contribution is 5.51. The number of aryl methyl sites for hydroxylation is 2. The molecule has 0 saturated heterocycles. The van der Waals surface area contributed by atoms with E-state index in [1.807, 2.05) is 18.0 Å². The quantitative estimate of drug-likeness (QED) is 0.939. The molecular formula is C17H20FN3. The molecule has 0 bridgehead atoms. The zero-order chi connectivity index (χ0) is 14.8. The van der Waals surface area contributed by atoms with Crippen molar-refractivity contribution in [2.24, 2.45) is 5.73 Å². The van der Waals surface area contributed by atoms with Gasteiger partial charge in [0.2, 0.25) is 0 Å². The summed E-state index contributed by atoms with van der Waals surface area (Å²) in [6.45, 7) is 0.947. The van der Waals surface area contributed by atoms with E-state index in [4.69, 9.17) is 10.7 Å². The Morgan fingerprint density at radius 1 is 1.24 bits per heavy atom. The van der Waals surface area contributed by atoms with Crippen molar-refractivity contribution in [3.05, 3.63) is 58.5 Å². The van der Waals surface area contributed by atoms with E-state index in [1.165, 1.54) is 17.3 Å². The molecule has 0 amide bonds. The molecule has 1 aromatic carbocycles. The van der Waals surface area contributed by atoms with Crippen molar-refractivity contribution in [2.45, 2.75) is 32.4 Å². The van der Waals surface area contributed by atoms with Crippen molar-refractivity contribution in [1.82, 2.24) is 4.98 Å². The Morgan fingerprint density at radius 3 is 2.81 bits per heavy atom. The van der Waals surface area contributed by atoms with Crippen LogP contribution in [0.1, 0.15) is 28.8 Å². The number of hydrogen-bond acceptors (Lipinski definition) is 3. The number of fused-ring (bicyclic) bond motifs is 1. The van der Waals surface area contributed by atoms with Crippen molar-refractivity contribution in [3.8, 4) is 0 Å². The summed E-state index contributed by atoms with van der Waals surface area (Å²) in [6, 6.07) is 9.02. The Labute approximate surface area is 124 Å². The van der Waals surface area contributed by atoms with Crippen LogP contribution in [0, 0.1) is 5.82 Å². The molecule has 0 atom stereocenters. The number of anilines is 1. The van der Waals surface area contributed by atoms with Crippen LogP contribution in [0.5, 0.6) is 0 Å². The minimum Gasteiger partial charge on any atom is -0.355 e. The van der Waals surface area contributed by atoms with E-state index in [2.05, 4.69) is 6.07 Å². The maximum absolute atomic E-state index is 13.8. The molecule has 0 radical (unpaired) electrons. The molecule has 1 heterocycles. The van der Waals surface area contributed by atoms with Crippen LogP contribution in [0.2, 0.25) is 0 Å². The van der Waals surface area contributed by atoms with Crippen LogP contribution in [0.3, 0.4) is 0 Å². The van der Waals surface area contributed by atoms with Crippen molar-refractivity contribution in [3.63, 3.8) is 0 Å². The Kier molecular flexibility index (Phi) is 3.88. The zero-order valence-electron chi connectivity index (χ0n) is 12.3. The molecule has 3 rings (SSSR count). The summed E-state index contributed by atoms with van der Waals surface area (Å²) in [7, 11) is 1.94. The Bertz CT molecular complexity index is 654. The maximum Gasteiger partial charge on any atom is 0.133 e. The first-order valence-electron chi connectivity index (χ1n) is 7.35. The van der Waals surface area contributed by atoms with Gasteiger partial charge in [-0.1, -0.05) is 18.2 Å². The van der Waals surface area contributed by atoms with E-state index in [0.717, 1.165) is 30.6 Å². The van der Waals surface area contributed by atoms with E-state index in [-0.39, 0.29) is 5.82 Å². The first-order chi connectivity index (χ1) is 10.2. The zero-order valence-corrected chi connectivity index (χ0v) is 12.3. The molecule has 1 aliphatic rings. The largest absolute Gasteiger partial charge is 0.355 e. The standard InChI is InChI=1S/C17H20FN3/c1-21(11-13-5-2-3-7-15(13)18)17-14(10-19)9-12-6-4-8-16(12)20-17/h2-3,5,7,9H,4,6,8,10-11,19H2,1H3. The summed E-state index contributed by atoms with van der Waals surface area (Å²) in [5, 5.41) is 0. The van der Waals surface area contributed by atoms with Gasteiger partial charge in [-0.05, 0) is 37.0 Å². The molecule has 21 heavy (non-hydrogen) atoms. The molecule has 0 saturated carbocycles. The Morgan fingerprint density at radius 2 is 2.05 bits per heavy atom. The van der Waals surface area contributed by atoms with Crippen molar-refractivity contribution < 1.29 is 4.39 Å². The number of benzene rings is 1. The van der Waals surface area contributed by atoms with Crippen LogP contribution < -0.4 is 10.6 Å². The summed E-state index contributed by atoms with van der Waals surface area (Å²) in [5.74, 6) is 0.696. The van der Waals surface area contributed by atoms with Crippen molar-refractivity contribution in [1.29, 1.82) is 0 Å². The lowest BCUT2D eigenvalue weighted by molar-refractivity contribution is 0.607. The third-order valence-corrected chi connectivity index (χ3v) is 4.05. The van der Waals surface area contributed by atoms with E-state index in [0.29, 0.717) is 18.7 Å². The van der Waals surface area contributed by atoms with Crippen LogP contribution in [0.4, 0.5) is 10.2 Å². The fourth-order valence-electron chi connectivity index (χ4n) is 2.95. The minimum absolute atomic E-state index is 0.181. The topological polar surface area (TPSA) is 42.2 Å². The van der Waals surface area contributed by atoms with Gasteiger partial charge in [-0.15, -0.1) is 0 Å². The molecule has 2 N–H and O–H groups in total. The van der Waals surface area contributed by atoms with Crippen LogP contribution in [0.15, 0.2) is 30.3 Å². The average molecular weight is 285 g/mol. The van der Waals surface area contributed by atoms with Gasteiger partial charge >= 0.3 is 0 Å². The molecule has 1 aromatic heterocycles. The molecule has 110 valence electrons. The lowest BCUT2D eigenvalue weighted by atomic mass is 10.1. The summed E-state index contributed by atoms with van der Waals surface area (Å²) in [5.41, 5.74) is 10.1. The molecule has 0 unspecified atom stereocenters. The van der Waals surface area contributed by atoms with Gasteiger partial charge < -0.3 is 10.6 Å².